The minimum atomic E-state index is -0.000993. The summed E-state index contributed by atoms with van der Waals surface area (Å²) in [7, 11) is 1.96. The van der Waals surface area contributed by atoms with Crippen molar-refractivity contribution in [1.29, 1.82) is 5.41 Å². The molecule has 0 radical (unpaired) electrons. The van der Waals surface area contributed by atoms with Gasteiger partial charge in [-0.05, 0) is 26.3 Å². The Bertz CT molecular complexity index is 241. The van der Waals surface area contributed by atoms with Crippen LogP contribution >= 0.6 is 0 Å². The second-order valence-corrected chi connectivity index (χ2v) is 3.96. The topological polar surface area (TPSA) is 82.2 Å². The van der Waals surface area contributed by atoms with Gasteiger partial charge in [0.25, 0.3) is 0 Å². The first-order valence-electron chi connectivity index (χ1n) is 4.79. The Morgan fingerprint density at radius 1 is 1.71 bits per heavy atom. The molecule has 1 fully saturated rings. The fourth-order valence-corrected chi connectivity index (χ4v) is 1.98. The molecule has 1 aliphatic rings. The zero-order valence-electron chi connectivity index (χ0n) is 8.71. The maximum atomic E-state index is 11.2. The quantitative estimate of drug-likeness (QED) is 0.417. The molecular weight excluding hydrogens is 180 g/mol. The largest absolute Gasteiger partial charge is 0.370 e. The number of likely N-dealkylation sites (tertiary alicyclic amines) is 1. The standard InChI is InChI=1S/C9H18N4O/c1-6(14)8-3-7(5-13(8)2)4-12-9(10)11/h7-8H,3-5H2,1-2H3,(H4,10,11,12)/t7-,8-/m0/s1. The van der Waals surface area contributed by atoms with E-state index in [2.05, 4.69) is 10.2 Å². The van der Waals surface area contributed by atoms with Crippen molar-refractivity contribution < 1.29 is 4.79 Å². The summed E-state index contributed by atoms with van der Waals surface area (Å²) in [5, 5.41) is 9.82. The predicted molar refractivity (Wildman–Crippen MR) is 55.1 cm³/mol. The van der Waals surface area contributed by atoms with Gasteiger partial charge in [-0.2, -0.15) is 0 Å². The van der Waals surface area contributed by atoms with Crippen molar-refractivity contribution >= 4 is 11.7 Å². The van der Waals surface area contributed by atoms with Crippen molar-refractivity contribution in [3.8, 4) is 0 Å². The molecule has 1 rings (SSSR count). The molecule has 2 atom stereocenters. The van der Waals surface area contributed by atoms with Crippen LogP contribution in [0, 0.1) is 11.3 Å². The number of guanidine groups is 1. The Hall–Kier alpha value is -1.10. The van der Waals surface area contributed by atoms with Crippen LogP contribution in [0.1, 0.15) is 13.3 Å². The van der Waals surface area contributed by atoms with Gasteiger partial charge in [0.05, 0.1) is 6.04 Å². The Balaban J connectivity index is 2.38. The monoisotopic (exact) mass is 198 g/mol. The molecule has 0 bridgehead atoms. The lowest BCUT2D eigenvalue weighted by atomic mass is 10.0. The first-order valence-corrected chi connectivity index (χ1v) is 4.79. The second kappa shape index (κ2) is 4.41. The maximum absolute atomic E-state index is 11.2. The van der Waals surface area contributed by atoms with E-state index in [9.17, 15) is 4.79 Å². The van der Waals surface area contributed by atoms with Gasteiger partial charge in [-0.1, -0.05) is 0 Å². The molecule has 14 heavy (non-hydrogen) atoms. The van der Waals surface area contributed by atoms with Crippen molar-refractivity contribution in [2.45, 2.75) is 19.4 Å². The molecule has 4 N–H and O–H groups in total. The molecule has 0 aliphatic carbocycles. The highest BCUT2D eigenvalue weighted by atomic mass is 16.1. The average molecular weight is 198 g/mol. The summed E-state index contributed by atoms with van der Waals surface area (Å²) in [6.07, 6.45) is 0.867. The summed E-state index contributed by atoms with van der Waals surface area (Å²) in [4.78, 5) is 13.3. The normalized spacial score (nSPS) is 27.6. The minimum absolute atomic E-state index is 0.000993. The van der Waals surface area contributed by atoms with Crippen LogP contribution in [0.3, 0.4) is 0 Å². The van der Waals surface area contributed by atoms with E-state index in [0.29, 0.717) is 12.5 Å². The second-order valence-electron chi connectivity index (χ2n) is 3.96. The Morgan fingerprint density at radius 2 is 2.36 bits per heavy atom. The van der Waals surface area contributed by atoms with Crippen molar-refractivity contribution in [3.63, 3.8) is 0 Å². The number of hydrogen-bond acceptors (Lipinski definition) is 3. The van der Waals surface area contributed by atoms with Crippen LogP contribution in [0.2, 0.25) is 0 Å². The third-order valence-electron chi connectivity index (χ3n) is 2.69. The molecule has 5 heteroatoms. The van der Waals surface area contributed by atoms with Gasteiger partial charge in [0.1, 0.15) is 5.78 Å². The Kier molecular flexibility index (Phi) is 3.46. The number of carbonyl (C=O) groups is 1. The molecular formula is C9H18N4O. The van der Waals surface area contributed by atoms with Crippen molar-refractivity contribution in [2.75, 3.05) is 20.1 Å². The number of carbonyl (C=O) groups excluding carboxylic acids is 1. The number of nitrogens with two attached hydrogens (primary N) is 1. The van der Waals surface area contributed by atoms with Crippen LogP contribution in [0.5, 0.6) is 0 Å². The number of ketones is 1. The molecule has 1 saturated heterocycles. The van der Waals surface area contributed by atoms with Crippen LogP contribution < -0.4 is 11.1 Å². The number of nitrogens with one attached hydrogen (secondary N) is 2. The Labute approximate surface area is 84.1 Å². The fourth-order valence-electron chi connectivity index (χ4n) is 1.98. The highest BCUT2D eigenvalue weighted by molar-refractivity contribution is 5.81. The zero-order valence-corrected chi connectivity index (χ0v) is 8.71. The van der Waals surface area contributed by atoms with E-state index < -0.39 is 0 Å². The highest BCUT2D eigenvalue weighted by Crippen LogP contribution is 2.21. The van der Waals surface area contributed by atoms with Crippen LogP contribution in [0.15, 0.2) is 0 Å². The van der Waals surface area contributed by atoms with Crippen molar-refractivity contribution in [1.82, 2.24) is 10.2 Å². The lowest BCUT2D eigenvalue weighted by Crippen LogP contribution is -2.35. The van der Waals surface area contributed by atoms with Gasteiger partial charge in [0, 0.05) is 13.1 Å². The fraction of sp³-hybridized carbons (Fsp3) is 0.778. The smallest absolute Gasteiger partial charge is 0.185 e. The van der Waals surface area contributed by atoms with Crippen molar-refractivity contribution in [3.05, 3.63) is 0 Å². The molecule has 0 aromatic carbocycles. The molecule has 1 heterocycles. The van der Waals surface area contributed by atoms with Gasteiger partial charge in [0.2, 0.25) is 0 Å². The lowest BCUT2D eigenvalue weighted by molar-refractivity contribution is -0.120. The maximum Gasteiger partial charge on any atom is 0.185 e. The van der Waals surface area contributed by atoms with Gasteiger partial charge in [0.15, 0.2) is 5.96 Å². The number of rotatable bonds is 3. The molecule has 80 valence electrons. The summed E-state index contributed by atoms with van der Waals surface area (Å²) in [5.41, 5.74) is 5.19. The average Bonchev–Trinajstić information content (AvgIpc) is 2.43. The molecule has 1 aliphatic heterocycles. The molecule has 0 aromatic heterocycles. The SMILES string of the molecule is CC(=O)[C@@H]1C[C@@H](CNC(=N)N)CN1C. The zero-order chi connectivity index (χ0) is 10.7. The summed E-state index contributed by atoms with van der Waals surface area (Å²) in [6, 6.07) is 0.0498. The van der Waals surface area contributed by atoms with Gasteiger partial charge in [-0.15, -0.1) is 0 Å². The predicted octanol–water partition coefficient (Wildman–Crippen LogP) is -0.621. The van der Waals surface area contributed by atoms with Crippen LogP contribution in [-0.4, -0.2) is 42.8 Å². The van der Waals surface area contributed by atoms with Gasteiger partial charge < -0.3 is 11.1 Å². The molecule has 0 unspecified atom stereocenters. The van der Waals surface area contributed by atoms with Crippen LogP contribution in [0.25, 0.3) is 0 Å². The summed E-state index contributed by atoms with van der Waals surface area (Å²) < 4.78 is 0. The van der Waals surface area contributed by atoms with E-state index in [4.69, 9.17) is 11.1 Å². The molecule has 0 spiro atoms. The van der Waals surface area contributed by atoms with E-state index in [-0.39, 0.29) is 17.8 Å². The number of hydrogen-bond donors (Lipinski definition) is 3. The van der Waals surface area contributed by atoms with Crippen LogP contribution in [0.4, 0.5) is 0 Å². The summed E-state index contributed by atoms with van der Waals surface area (Å²) in [5.74, 6) is 0.634. The van der Waals surface area contributed by atoms with E-state index in [1.54, 1.807) is 6.92 Å². The minimum Gasteiger partial charge on any atom is -0.370 e. The molecule has 5 nitrogen and oxygen atoms in total. The first-order chi connectivity index (χ1) is 6.50. The molecule has 0 aromatic rings. The number of likely N-dealkylation sites (N-methyl/N-ethyl adjacent to an activating group) is 1. The summed E-state index contributed by atoms with van der Waals surface area (Å²) >= 11 is 0. The third-order valence-corrected chi connectivity index (χ3v) is 2.69. The van der Waals surface area contributed by atoms with Gasteiger partial charge in [-0.3, -0.25) is 15.1 Å². The van der Waals surface area contributed by atoms with E-state index in [0.717, 1.165) is 13.0 Å². The first kappa shape index (κ1) is 11.0. The Morgan fingerprint density at radius 3 is 2.79 bits per heavy atom. The lowest BCUT2D eigenvalue weighted by Gasteiger charge is -2.14. The molecule has 0 amide bonds. The third kappa shape index (κ3) is 2.70. The number of nitrogens with zero attached hydrogens (tertiary/aromatic N) is 1. The number of Topliss-reactive ketones (excluding diaryl/α,β-unsaturated/α-hetero) is 1. The van der Waals surface area contributed by atoms with Crippen LogP contribution in [-0.2, 0) is 4.79 Å². The highest BCUT2D eigenvalue weighted by Gasteiger charge is 2.31. The molecule has 0 saturated carbocycles. The van der Waals surface area contributed by atoms with Crippen molar-refractivity contribution in [2.24, 2.45) is 11.7 Å². The van der Waals surface area contributed by atoms with E-state index >= 15 is 0 Å². The van der Waals surface area contributed by atoms with Gasteiger partial charge >= 0.3 is 0 Å². The van der Waals surface area contributed by atoms with E-state index in [1.165, 1.54) is 0 Å². The van der Waals surface area contributed by atoms with Gasteiger partial charge in [-0.25, -0.2) is 0 Å². The summed E-state index contributed by atoms with van der Waals surface area (Å²) in [6.45, 7) is 3.20. The van der Waals surface area contributed by atoms with E-state index in [1.807, 2.05) is 7.05 Å².